The molecule has 90 valence electrons. The van der Waals surface area contributed by atoms with Crippen LogP contribution in [0.2, 0.25) is 0 Å². The predicted octanol–water partition coefficient (Wildman–Crippen LogP) is 1.93. The summed E-state index contributed by atoms with van der Waals surface area (Å²) in [6.07, 6.45) is 0. The van der Waals surface area contributed by atoms with Crippen molar-refractivity contribution in [3.05, 3.63) is 24.0 Å². The summed E-state index contributed by atoms with van der Waals surface area (Å²) in [6, 6.07) is 3.35. The molecule has 0 spiro atoms. The number of benzene rings is 1. The maximum absolute atomic E-state index is 12.8. The highest BCUT2D eigenvalue weighted by Crippen LogP contribution is 2.21. The first-order valence-electron chi connectivity index (χ1n) is 4.83. The second-order valence-corrected chi connectivity index (χ2v) is 6.67. The fraction of sp³-hybridized carbons (Fsp3) is 0.400. The standard InChI is InChI=1S/C10H14FNO2S2/c1-2-15-5-6-16(13,14)10-4-3-8(11)7-9(10)12/h3-4,7H,2,5-6,12H2,1H3. The maximum atomic E-state index is 12.8. The van der Waals surface area contributed by atoms with Crippen molar-refractivity contribution in [2.45, 2.75) is 11.8 Å². The molecular formula is C10H14FNO2S2. The number of rotatable bonds is 5. The van der Waals surface area contributed by atoms with E-state index in [-0.39, 0.29) is 16.3 Å². The summed E-state index contributed by atoms with van der Waals surface area (Å²) >= 11 is 1.54. The van der Waals surface area contributed by atoms with Crippen LogP contribution in [-0.2, 0) is 9.84 Å². The van der Waals surface area contributed by atoms with Crippen molar-refractivity contribution in [3.63, 3.8) is 0 Å². The van der Waals surface area contributed by atoms with Gasteiger partial charge >= 0.3 is 0 Å². The number of nitrogens with two attached hydrogens (primary N) is 1. The van der Waals surface area contributed by atoms with Gasteiger partial charge in [-0.1, -0.05) is 6.92 Å². The van der Waals surface area contributed by atoms with Gasteiger partial charge in [0.15, 0.2) is 9.84 Å². The Hall–Kier alpha value is -0.750. The van der Waals surface area contributed by atoms with Crippen LogP contribution < -0.4 is 5.73 Å². The van der Waals surface area contributed by atoms with Crippen molar-refractivity contribution < 1.29 is 12.8 Å². The Balaban J connectivity index is 2.90. The van der Waals surface area contributed by atoms with Crippen molar-refractivity contribution in [1.29, 1.82) is 0 Å². The van der Waals surface area contributed by atoms with Crippen molar-refractivity contribution in [2.24, 2.45) is 0 Å². The highest BCUT2D eigenvalue weighted by Gasteiger charge is 2.17. The molecule has 0 bridgehead atoms. The van der Waals surface area contributed by atoms with Crippen LogP contribution in [0.5, 0.6) is 0 Å². The Morgan fingerprint density at radius 2 is 2.12 bits per heavy atom. The summed E-state index contributed by atoms with van der Waals surface area (Å²) < 4.78 is 36.4. The molecule has 6 heteroatoms. The van der Waals surface area contributed by atoms with Crippen molar-refractivity contribution >= 4 is 27.3 Å². The van der Waals surface area contributed by atoms with E-state index in [0.29, 0.717) is 5.75 Å². The van der Waals surface area contributed by atoms with Crippen LogP contribution in [0.25, 0.3) is 0 Å². The van der Waals surface area contributed by atoms with Gasteiger partial charge in [0.25, 0.3) is 0 Å². The lowest BCUT2D eigenvalue weighted by atomic mass is 10.3. The zero-order chi connectivity index (χ0) is 12.2. The first-order valence-corrected chi connectivity index (χ1v) is 7.63. The lowest BCUT2D eigenvalue weighted by Gasteiger charge is -2.06. The third-order valence-corrected chi connectivity index (χ3v) is 4.95. The van der Waals surface area contributed by atoms with Crippen molar-refractivity contribution in [1.82, 2.24) is 0 Å². The van der Waals surface area contributed by atoms with Crippen LogP contribution in [0.15, 0.2) is 23.1 Å². The number of nitrogen functional groups attached to an aromatic ring is 1. The van der Waals surface area contributed by atoms with Gasteiger partial charge in [0.05, 0.1) is 16.3 Å². The number of hydrogen-bond acceptors (Lipinski definition) is 4. The SMILES string of the molecule is CCSCCS(=O)(=O)c1ccc(F)cc1N. The zero-order valence-corrected chi connectivity index (χ0v) is 10.6. The van der Waals surface area contributed by atoms with E-state index in [0.717, 1.165) is 17.9 Å². The number of hydrogen-bond donors (Lipinski definition) is 1. The summed E-state index contributed by atoms with van der Waals surface area (Å²) in [7, 11) is -3.39. The molecular weight excluding hydrogens is 249 g/mol. The molecule has 0 saturated carbocycles. The van der Waals surface area contributed by atoms with Crippen LogP contribution in [0.1, 0.15) is 6.92 Å². The van der Waals surface area contributed by atoms with Gasteiger partial charge in [-0.3, -0.25) is 0 Å². The third-order valence-electron chi connectivity index (χ3n) is 2.01. The molecule has 0 aromatic heterocycles. The Labute approximate surface area is 99.1 Å². The van der Waals surface area contributed by atoms with Gasteiger partial charge in [0.2, 0.25) is 0 Å². The molecule has 0 aliphatic carbocycles. The Morgan fingerprint density at radius 1 is 1.44 bits per heavy atom. The highest BCUT2D eigenvalue weighted by atomic mass is 32.2. The van der Waals surface area contributed by atoms with Crippen LogP contribution in [0.3, 0.4) is 0 Å². The number of sulfone groups is 1. The molecule has 0 radical (unpaired) electrons. The molecule has 0 aliphatic heterocycles. The predicted molar refractivity (Wildman–Crippen MR) is 65.9 cm³/mol. The maximum Gasteiger partial charge on any atom is 0.181 e. The van der Waals surface area contributed by atoms with E-state index >= 15 is 0 Å². The first-order chi connectivity index (χ1) is 7.47. The average Bonchev–Trinajstić information content (AvgIpc) is 2.17. The third kappa shape index (κ3) is 3.38. The fourth-order valence-electron chi connectivity index (χ4n) is 1.23. The van der Waals surface area contributed by atoms with Gasteiger partial charge in [-0.15, -0.1) is 0 Å². The van der Waals surface area contributed by atoms with Crippen LogP contribution in [0, 0.1) is 5.82 Å². The minimum Gasteiger partial charge on any atom is -0.398 e. The second kappa shape index (κ2) is 5.54. The van der Waals surface area contributed by atoms with Gasteiger partial charge < -0.3 is 5.73 Å². The first kappa shape index (κ1) is 13.3. The van der Waals surface area contributed by atoms with Crippen LogP contribution in [0.4, 0.5) is 10.1 Å². The smallest absolute Gasteiger partial charge is 0.181 e. The highest BCUT2D eigenvalue weighted by molar-refractivity contribution is 8.00. The molecule has 0 unspecified atom stereocenters. The molecule has 0 saturated heterocycles. The van der Waals surface area contributed by atoms with Gasteiger partial charge in [-0.05, 0) is 24.0 Å². The number of anilines is 1. The summed E-state index contributed by atoms with van der Waals surface area (Å²) in [5, 5.41) is 0. The van der Waals surface area contributed by atoms with E-state index in [1.807, 2.05) is 6.92 Å². The average molecular weight is 263 g/mol. The van der Waals surface area contributed by atoms with E-state index < -0.39 is 15.7 Å². The molecule has 0 aliphatic rings. The lowest BCUT2D eigenvalue weighted by Crippen LogP contribution is -2.11. The summed E-state index contributed by atoms with van der Waals surface area (Å²) in [6.45, 7) is 1.96. The van der Waals surface area contributed by atoms with Gasteiger partial charge in [-0.2, -0.15) is 11.8 Å². The molecule has 1 rings (SSSR count). The zero-order valence-electron chi connectivity index (χ0n) is 8.94. The monoisotopic (exact) mass is 263 g/mol. The largest absolute Gasteiger partial charge is 0.398 e. The molecule has 0 atom stereocenters. The number of halogens is 1. The van der Waals surface area contributed by atoms with Gasteiger partial charge in [0.1, 0.15) is 5.82 Å². The van der Waals surface area contributed by atoms with Crippen molar-refractivity contribution in [3.8, 4) is 0 Å². The Bertz CT molecular complexity index is 460. The minimum absolute atomic E-state index is 0.0191. The summed E-state index contributed by atoms with van der Waals surface area (Å²) in [5.74, 6) is 0.894. The summed E-state index contributed by atoms with van der Waals surface area (Å²) in [5.41, 5.74) is 5.46. The quantitative estimate of drug-likeness (QED) is 0.501. The van der Waals surface area contributed by atoms with Crippen molar-refractivity contribution in [2.75, 3.05) is 23.0 Å². The fourth-order valence-corrected chi connectivity index (χ4v) is 3.78. The van der Waals surface area contributed by atoms with Gasteiger partial charge in [0, 0.05) is 5.75 Å². The van der Waals surface area contributed by atoms with E-state index in [1.165, 1.54) is 6.07 Å². The van der Waals surface area contributed by atoms with Crippen LogP contribution >= 0.6 is 11.8 Å². The molecule has 16 heavy (non-hydrogen) atoms. The minimum atomic E-state index is -3.39. The molecule has 3 nitrogen and oxygen atoms in total. The van der Waals surface area contributed by atoms with E-state index in [4.69, 9.17) is 5.73 Å². The second-order valence-electron chi connectivity index (χ2n) is 3.20. The molecule has 1 aromatic carbocycles. The van der Waals surface area contributed by atoms with Crippen LogP contribution in [-0.4, -0.2) is 25.7 Å². The molecule has 0 fully saturated rings. The molecule has 0 heterocycles. The Kier molecular flexibility index (Phi) is 4.61. The summed E-state index contributed by atoms with van der Waals surface area (Å²) in [4.78, 5) is 0.0191. The number of thioether (sulfide) groups is 1. The molecule has 0 amide bonds. The van der Waals surface area contributed by atoms with Gasteiger partial charge in [-0.25, -0.2) is 12.8 Å². The normalized spacial score (nSPS) is 11.6. The van der Waals surface area contributed by atoms with E-state index in [1.54, 1.807) is 11.8 Å². The molecule has 1 aromatic rings. The van der Waals surface area contributed by atoms with E-state index in [9.17, 15) is 12.8 Å². The lowest BCUT2D eigenvalue weighted by molar-refractivity contribution is 0.597. The Morgan fingerprint density at radius 3 is 2.69 bits per heavy atom. The molecule has 2 N–H and O–H groups in total. The van der Waals surface area contributed by atoms with E-state index in [2.05, 4.69) is 0 Å². The topological polar surface area (TPSA) is 60.2 Å².